The zero-order valence-electron chi connectivity index (χ0n) is 15.6. The number of fused-ring (bicyclic) bond motifs is 1. The van der Waals surface area contributed by atoms with Gasteiger partial charge in [-0.2, -0.15) is 0 Å². The molecule has 3 amide bonds. The van der Waals surface area contributed by atoms with Gasteiger partial charge in [-0.25, -0.2) is 0 Å². The summed E-state index contributed by atoms with van der Waals surface area (Å²) in [4.78, 5) is 39.7. The van der Waals surface area contributed by atoms with Crippen LogP contribution in [0.3, 0.4) is 0 Å². The number of halogens is 2. The Morgan fingerprint density at radius 1 is 1.07 bits per heavy atom. The quantitative estimate of drug-likeness (QED) is 0.546. The third-order valence-corrected chi connectivity index (χ3v) is 6.21. The van der Waals surface area contributed by atoms with Crippen LogP contribution in [0.4, 0.5) is 11.4 Å². The van der Waals surface area contributed by atoms with E-state index in [2.05, 4.69) is 5.32 Å². The highest BCUT2D eigenvalue weighted by atomic mass is 35.5. The minimum atomic E-state index is -0.412. The summed E-state index contributed by atoms with van der Waals surface area (Å²) in [6.45, 7) is 1.97. The second-order valence-electron chi connectivity index (χ2n) is 7.32. The molecule has 2 aromatic rings. The Kier molecular flexibility index (Phi) is 5.19. The molecule has 0 radical (unpaired) electrons. The molecule has 0 bridgehead atoms. The fourth-order valence-electron chi connectivity index (χ4n) is 3.87. The molecule has 0 saturated carbocycles. The number of carbonyl (C=O) groups is 3. The molecule has 29 heavy (non-hydrogen) atoms. The van der Waals surface area contributed by atoms with Gasteiger partial charge in [-0.1, -0.05) is 47.0 Å². The second kappa shape index (κ2) is 7.65. The number of hydrogen-bond acceptors (Lipinski definition) is 3. The molecule has 1 N–H and O–H groups in total. The van der Waals surface area contributed by atoms with Gasteiger partial charge in [0.15, 0.2) is 0 Å². The highest BCUT2D eigenvalue weighted by Gasteiger charge is 2.48. The van der Waals surface area contributed by atoms with Crippen LogP contribution in [-0.2, 0) is 9.59 Å². The van der Waals surface area contributed by atoms with Crippen molar-refractivity contribution >= 4 is 52.3 Å². The van der Waals surface area contributed by atoms with E-state index < -0.39 is 5.91 Å². The Balaban J connectivity index is 1.59. The van der Waals surface area contributed by atoms with Crippen LogP contribution >= 0.6 is 23.2 Å². The molecular formula is C22H18Cl2N2O3. The molecule has 5 nitrogen and oxygen atoms in total. The molecule has 0 spiro atoms. The number of imide groups is 1. The summed E-state index contributed by atoms with van der Waals surface area (Å²) in [7, 11) is 0. The molecule has 1 heterocycles. The van der Waals surface area contributed by atoms with Gasteiger partial charge in [0.25, 0.3) is 5.91 Å². The molecule has 0 aromatic heterocycles. The smallest absolute Gasteiger partial charge is 0.255 e. The van der Waals surface area contributed by atoms with Crippen molar-refractivity contribution in [1.29, 1.82) is 0 Å². The highest BCUT2D eigenvalue weighted by molar-refractivity contribution is 6.44. The van der Waals surface area contributed by atoms with Crippen LogP contribution in [0.5, 0.6) is 0 Å². The first kappa shape index (κ1) is 19.7. The third-order valence-electron chi connectivity index (χ3n) is 5.39. The Hall–Kier alpha value is -2.63. The predicted octanol–water partition coefficient (Wildman–Crippen LogP) is 5.09. The van der Waals surface area contributed by atoms with E-state index in [1.807, 2.05) is 13.0 Å². The van der Waals surface area contributed by atoms with E-state index in [9.17, 15) is 14.4 Å². The van der Waals surface area contributed by atoms with Crippen LogP contribution in [0.1, 0.15) is 30.1 Å². The molecule has 1 aliphatic carbocycles. The fourth-order valence-corrected chi connectivity index (χ4v) is 4.22. The third kappa shape index (κ3) is 3.56. The van der Waals surface area contributed by atoms with Crippen molar-refractivity contribution in [2.24, 2.45) is 11.8 Å². The Bertz CT molecular complexity index is 1060. The maximum atomic E-state index is 12.9. The average molecular weight is 429 g/mol. The van der Waals surface area contributed by atoms with E-state index in [-0.39, 0.29) is 28.7 Å². The molecule has 4 rings (SSSR count). The van der Waals surface area contributed by atoms with Gasteiger partial charge in [0.05, 0.1) is 33.3 Å². The lowest BCUT2D eigenvalue weighted by atomic mass is 9.82. The van der Waals surface area contributed by atoms with E-state index in [0.29, 0.717) is 34.8 Å². The molecule has 0 unspecified atom stereocenters. The van der Waals surface area contributed by atoms with Crippen LogP contribution in [0.2, 0.25) is 10.0 Å². The topological polar surface area (TPSA) is 66.5 Å². The first-order valence-corrected chi connectivity index (χ1v) is 10.0. The SMILES string of the molecule is CC1=CC[C@H]2C(=O)N(c3cccc(C(=O)Nc4cccc(Cl)c4Cl)c3)C(=O)[C@H]2C1. The first-order valence-electron chi connectivity index (χ1n) is 9.25. The summed E-state index contributed by atoms with van der Waals surface area (Å²) >= 11 is 12.1. The summed E-state index contributed by atoms with van der Waals surface area (Å²) in [6.07, 6.45) is 3.19. The lowest BCUT2D eigenvalue weighted by Gasteiger charge is -2.18. The molecule has 2 aliphatic rings. The van der Waals surface area contributed by atoms with Gasteiger partial charge in [0.1, 0.15) is 0 Å². The van der Waals surface area contributed by atoms with Crippen LogP contribution in [0, 0.1) is 11.8 Å². The van der Waals surface area contributed by atoms with E-state index in [4.69, 9.17) is 23.2 Å². The Morgan fingerprint density at radius 2 is 1.79 bits per heavy atom. The maximum absolute atomic E-state index is 12.9. The van der Waals surface area contributed by atoms with Gasteiger partial charge < -0.3 is 5.32 Å². The largest absolute Gasteiger partial charge is 0.321 e. The zero-order chi connectivity index (χ0) is 20.7. The number of nitrogens with zero attached hydrogens (tertiary/aromatic N) is 1. The van der Waals surface area contributed by atoms with Crippen LogP contribution < -0.4 is 10.2 Å². The normalized spacial score (nSPS) is 21.1. The standard InChI is InChI=1S/C22H18Cl2N2O3/c1-12-8-9-15-16(10-12)22(29)26(21(15)28)14-5-2-4-13(11-14)20(27)25-18-7-3-6-17(23)19(18)24/h2-8,11,15-16H,9-10H2,1H3,(H,25,27)/t15-,16+/m1/s1. The first-order chi connectivity index (χ1) is 13.9. The van der Waals surface area contributed by atoms with Gasteiger partial charge >= 0.3 is 0 Å². The lowest BCUT2D eigenvalue weighted by molar-refractivity contribution is -0.122. The van der Waals surface area contributed by atoms with Gasteiger partial charge in [-0.15, -0.1) is 0 Å². The van der Waals surface area contributed by atoms with Crippen molar-refractivity contribution in [2.45, 2.75) is 19.8 Å². The van der Waals surface area contributed by atoms with Crippen molar-refractivity contribution < 1.29 is 14.4 Å². The zero-order valence-corrected chi connectivity index (χ0v) is 17.1. The highest BCUT2D eigenvalue weighted by Crippen LogP contribution is 2.40. The van der Waals surface area contributed by atoms with Gasteiger partial charge in [0.2, 0.25) is 11.8 Å². The van der Waals surface area contributed by atoms with Crippen molar-refractivity contribution in [3.63, 3.8) is 0 Å². The number of allylic oxidation sites excluding steroid dienone is 2. The monoisotopic (exact) mass is 428 g/mol. The summed E-state index contributed by atoms with van der Waals surface area (Å²) < 4.78 is 0. The van der Waals surface area contributed by atoms with Crippen LogP contribution in [0.25, 0.3) is 0 Å². The van der Waals surface area contributed by atoms with Crippen molar-refractivity contribution in [1.82, 2.24) is 0 Å². The summed E-state index contributed by atoms with van der Waals surface area (Å²) in [6, 6.07) is 11.4. The number of carbonyl (C=O) groups excluding carboxylic acids is 3. The molecule has 1 fully saturated rings. The van der Waals surface area contributed by atoms with E-state index in [1.54, 1.807) is 42.5 Å². The average Bonchev–Trinajstić information content (AvgIpc) is 2.95. The van der Waals surface area contributed by atoms with Gasteiger partial charge in [-0.05, 0) is 50.1 Å². The number of anilines is 2. The number of amides is 3. The predicted molar refractivity (Wildman–Crippen MR) is 113 cm³/mol. The molecule has 1 saturated heterocycles. The number of nitrogens with one attached hydrogen (secondary N) is 1. The summed E-state index contributed by atoms with van der Waals surface area (Å²) in [5.41, 5.74) is 2.22. The maximum Gasteiger partial charge on any atom is 0.255 e. The Morgan fingerprint density at radius 3 is 2.59 bits per heavy atom. The molecule has 2 aromatic carbocycles. The molecule has 148 valence electrons. The molecule has 2 atom stereocenters. The van der Waals surface area contributed by atoms with Gasteiger partial charge in [0, 0.05) is 5.56 Å². The fraction of sp³-hybridized carbons (Fsp3) is 0.227. The second-order valence-corrected chi connectivity index (χ2v) is 8.11. The minimum Gasteiger partial charge on any atom is -0.321 e. The van der Waals surface area contributed by atoms with Crippen LogP contribution in [0.15, 0.2) is 54.1 Å². The van der Waals surface area contributed by atoms with Crippen molar-refractivity contribution in [2.75, 3.05) is 10.2 Å². The lowest BCUT2D eigenvalue weighted by Crippen LogP contribution is -2.31. The van der Waals surface area contributed by atoms with E-state index in [0.717, 1.165) is 5.57 Å². The van der Waals surface area contributed by atoms with Crippen molar-refractivity contribution in [3.8, 4) is 0 Å². The number of rotatable bonds is 3. The molecule has 1 aliphatic heterocycles. The summed E-state index contributed by atoms with van der Waals surface area (Å²) in [5, 5.41) is 3.29. The number of hydrogen-bond donors (Lipinski definition) is 1. The minimum absolute atomic E-state index is 0.206. The van der Waals surface area contributed by atoms with E-state index >= 15 is 0 Å². The Labute approximate surface area is 178 Å². The molecule has 7 heteroatoms. The molecular weight excluding hydrogens is 411 g/mol. The van der Waals surface area contributed by atoms with Crippen LogP contribution in [-0.4, -0.2) is 17.7 Å². The number of benzene rings is 2. The summed E-state index contributed by atoms with van der Waals surface area (Å²) in [5.74, 6) is -1.48. The van der Waals surface area contributed by atoms with Crippen molar-refractivity contribution in [3.05, 3.63) is 69.7 Å². The van der Waals surface area contributed by atoms with E-state index in [1.165, 1.54) is 4.90 Å². The van der Waals surface area contributed by atoms with Gasteiger partial charge in [-0.3, -0.25) is 19.3 Å².